The Kier molecular flexibility index (Phi) is 8.22. The Morgan fingerprint density at radius 2 is 1.50 bits per heavy atom. The number of hydrogen-bond acceptors (Lipinski definition) is 6. The van der Waals surface area contributed by atoms with E-state index in [0.717, 1.165) is 22.6 Å². The van der Waals surface area contributed by atoms with Crippen molar-refractivity contribution in [2.75, 3.05) is 20.8 Å². The molecule has 4 rings (SSSR count). The summed E-state index contributed by atoms with van der Waals surface area (Å²) >= 11 is 5.58. The fourth-order valence-corrected chi connectivity index (χ4v) is 3.21. The minimum absolute atomic E-state index is 0.105. The number of fused-ring (bicyclic) bond motifs is 1. The van der Waals surface area contributed by atoms with E-state index >= 15 is 0 Å². The monoisotopic (exact) mass is 456 g/mol. The molecule has 3 aromatic rings. The summed E-state index contributed by atoms with van der Waals surface area (Å²) in [6.45, 7) is 0.670. The molecule has 6 nitrogen and oxygen atoms in total. The minimum atomic E-state index is -0.111. The molecule has 0 amide bonds. The maximum Gasteiger partial charge on any atom is 0.173 e. The van der Waals surface area contributed by atoms with Gasteiger partial charge >= 0.3 is 0 Å². The van der Waals surface area contributed by atoms with E-state index in [1.165, 1.54) is 6.07 Å². The van der Waals surface area contributed by atoms with Crippen molar-refractivity contribution in [2.24, 2.45) is 0 Å². The number of methoxy groups -OCH3 is 2. The van der Waals surface area contributed by atoms with Crippen molar-refractivity contribution in [2.45, 2.75) is 18.9 Å². The second kappa shape index (κ2) is 11.3. The van der Waals surface area contributed by atoms with Crippen molar-refractivity contribution in [1.29, 1.82) is 0 Å². The van der Waals surface area contributed by atoms with Crippen molar-refractivity contribution in [3.63, 3.8) is 0 Å². The second-order valence-electron chi connectivity index (χ2n) is 6.96. The SMILES string of the molecule is COc1ccc(CCl)cc1.COc1ccc(COc2cc(O)c3c(c2)OCCC3=O)cc1. The van der Waals surface area contributed by atoms with Crippen LogP contribution >= 0.6 is 11.6 Å². The summed E-state index contributed by atoms with van der Waals surface area (Å²) in [5, 5.41) is 9.98. The molecule has 3 aromatic carbocycles. The van der Waals surface area contributed by atoms with Crippen LogP contribution in [0, 0.1) is 0 Å². The van der Waals surface area contributed by atoms with Crippen LogP contribution < -0.4 is 18.9 Å². The molecule has 1 N–H and O–H groups in total. The summed E-state index contributed by atoms with van der Waals surface area (Å²) in [6, 6.07) is 18.3. The number of benzene rings is 3. The van der Waals surface area contributed by atoms with Crippen molar-refractivity contribution in [3.05, 3.63) is 77.4 Å². The Hall–Kier alpha value is -3.38. The normalized spacial score (nSPS) is 12.0. The molecule has 0 radical (unpaired) electrons. The van der Waals surface area contributed by atoms with Crippen LogP contribution in [0.3, 0.4) is 0 Å². The molecule has 7 heteroatoms. The van der Waals surface area contributed by atoms with Gasteiger partial charge in [-0.15, -0.1) is 11.6 Å². The van der Waals surface area contributed by atoms with Gasteiger partial charge in [-0.25, -0.2) is 0 Å². The van der Waals surface area contributed by atoms with Crippen molar-refractivity contribution < 1.29 is 28.8 Å². The van der Waals surface area contributed by atoms with E-state index in [2.05, 4.69) is 0 Å². The number of carbonyl (C=O) groups is 1. The zero-order valence-corrected chi connectivity index (χ0v) is 18.7. The first-order valence-corrected chi connectivity index (χ1v) is 10.5. The van der Waals surface area contributed by atoms with E-state index in [1.807, 2.05) is 48.5 Å². The zero-order valence-electron chi connectivity index (χ0n) is 18.0. The number of Topliss-reactive ketones (excluding diaryl/α,β-unsaturated/α-hetero) is 1. The summed E-state index contributed by atoms with van der Waals surface area (Å²) in [6.07, 6.45) is 0.284. The average molecular weight is 457 g/mol. The summed E-state index contributed by atoms with van der Waals surface area (Å²) < 4.78 is 21.1. The number of halogens is 1. The van der Waals surface area contributed by atoms with Crippen molar-refractivity contribution >= 4 is 17.4 Å². The van der Waals surface area contributed by atoms with Crippen LogP contribution in [0.1, 0.15) is 27.9 Å². The molecule has 0 spiro atoms. The number of aromatic hydroxyl groups is 1. The van der Waals surface area contributed by atoms with Gasteiger partial charge in [0.05, 0.1) is 20.8 Å². The first-order valence-electron chi connectivity index (χ1n) is 10.0. The zero-order chi connectivity index (χ0) is 22.9. The molecule has 0 atom stereocenters. The van der Waals surface area contributed by atoms with E-state index in [-0.39, 0.29) is 23.5 Å². The molecule has 1 heterocycles. The third-order valence-corrected chi connectivity index (χ3v) is 5.11. The minimum Gasteiger partial charge on any atom is -0.507 e. The summed E-state index contributed by atoms with van der Waals surface area (Å²) in [4.78, 5) is 11.8. The lowest BCUT2D eigenvalue weighted by Gasteiger charge is -2.18. The third kappa shape index (κ3) is 6.08. The molecule has 0 aromatic heterocycles. The van der Waals surface area contributed by atoms with Gasteiger partial charge < -0.3 is 24.1 Å². The van der Waals surface area contributed by atoms with Crippen LogP contribution in [-0.2, 0) is 12.5 Å². The first-order chi connectivity index (χ1) is 15.5. The van der Waals surface area contributed by atoms with Crippen LogP contribution in [0.4, 0.5) is 0 Å². The van der Waals surface area contributed by atoms with Crippen LogP contribution in [0.25, 0.3) is 0 Å². The molecule has 0 fully saturated rings. The van der Waals surface area contributed by atoms with Gasteiger partial charge in [0.15, 0.2) is 5.78 Å². The average Bonchev–Trinajstić information content (AvgIpc) is 2.83. The van der Waals surface area contributed by atoms with Crippen LogP contribution in [0.5, 0.6) is 28.7 Å². The van der Waals surface area contributed by atoms with Crippen LogP contribution in [-0.4, -0.2) is 31.7 Å². The number of rotatable bonds is 6. The van der Waals surface area contributed by atoms with Gasteiger partial charge in [-0.1, -0.05) is 24.3 Å². The van der Waals surface area contributed by atoms with E-state index < -0.39 is 0 Å². The number of alkyl halides is 1. The molecule has 32 heavy (non-hydrogen) atoms. The molecule has 0 unspecified atom stereocenters. The third-order valence-electron chi connectivity index (χ3n) is 4.80. The van der Waals surface area contributed by atoms with Gasteiger partial charge in [0.25, 0.3) is 0 Å². The van der Waals surface area contributed by atoms with Crippen molar-refractivity contribution in [3.8, 4) is 28.7 Å². The van der Waals surface area contributed by atoms with Crippen molar-refractivity contribution in [1.82, 2.24) is 0 Å². The smallest absolute Gasteiger partial charge is 0.173 e. The maximum absolute atomic E-state index is 11.8. The molecule has 1 aliphatic rings. The molecular formula is C25H25ClO6. The van der Waals surface area contributed by atoms with E-state index in [0.29, 0.717) is 30.6 Å². The lowest BCUT2D eigenvalue weighted by atomic mass is 10.0. The largest absolute Gasteiger partial charge is 0.507 e. The number of phenols is 1. The number of hydrogen-bond donors (Lipinski definition) is 1. The van der Waals surface area contributed by atoms with E-state index in [4.69, 9.17) is 30.5 Å². The molecule has 0 aliphatic carbocycles. The lowest BCUT2D eigenvalue weighted by molar-refractivity contribution is 0.0929. The predicted octanol–water partition coefficient (Wildman–Crippen LogP) is 5.38. The first kappa shape index (κ1) is 23.3. The highest BCUT2D eigenvalue weighted by molar-refractivity contribution is 6.17. The highest BCUT2D eigenvalue weighted by Crippen LogP contribution is 2.36. The number of phenolic OH excluding ortho intramolecular Hbond substituents is 1. The summed E-state index contributed by atoms with van der Waals surface area (Å²) in [7, 11) is 3.26. The molecule has 1 aliphatic heterocycles. The highest BCUT2D eigenvalue weighted by Gasteiger charge is 2.23. The van der Waals surface area contributed by atoms with Crippen LogP contribution in [0.2, 0.25) is 0 Å². The molecule has 0 bridgehead atoms. The van der Waals surface area contributed by atoms with Gasteiger partial charge in [-0.3, -0.25) is 4.79 Å². The van der Waals surface area contributed by atoms with Gasteiger partial charge in [-0.2, -0.15) is 0 Å². The maximum atomic E-state index is 11.8. The lowest BCUT2D eigenvalue weighted by Crippen LogP contribution is -2.15. The summed E-state index contributed by atoms with van der Waals surface area (Å²) in [5.41, 5.74) is 2.32. The quantitative estimate of drug-likeness (QED) is 0.502. The van der Waals surface area contributed by atoms with Crippen LogP contribution in [0.15, 0.2) is 60.7 Å². The van der Waals surface area contributed by atoms with Gasteiger partial charge in [0, 0.05) is 24.4 Å². The molecular weight excluding hydrogens is 432 g/mol. The number of carbonyl (C=O) groups excluding carboxylic acids is 1. The van der Waals surface area contributed by atoms with Gasteiger partial charge in [0.2, 0.25) is 0 Å². The summed E-state index contributed by atoms with van der Waals surface area (Å²) in [5.74, 6) is 2.83. The Morgan fingerprint density at radius 3 is 2.06 bits per heavy atom. The Morgan fingerprint density at radius 1 is 0.906 bits per heavy atom. The Balaban J connectivity index is 0.000000243. The predicted molar refractivity (Wildman–Crippen MR) is 122 cm³/mol. The fraction of sp³-hybridized carbons (Fsp3) is 0.240. The van der Waals surface area contributed by atoms with Gasteiger partial charge in [0.1, 0.15) is 40.9 Å². The Bertz CT molecular complexity index is 1010. The van der Waals surface area contributed by atoms with Gasteiger partial charge in [-0.05, 0) is 35.4 Å². The molecule has 168 valence electrons. The van der Waals surface area contributed by atoms with E-state index in [9.17, 15) is 9.90 Å². The standard InChI is InChI=1S/C17H16O5.C8H9ClO/c1-20-12-4-2-11(3-5-12)10-22-13-8-15(19)17-14(18)6-7-21-16(17)9-13;1-10-8-4-2-7(6-9)3-5-8/h2-5,8-9,19H,6-7,10H2,1H3;2-5H,6H2,1H3. The highest BCUT2D eigenvalue weighted by atomic mass is 35.5. The second-order valence-corrected chi connectivity index (χ2v) is 7.22. The topological polar surface area (TPSA) is 74.2 Å². The number of ether oxygens (including phenoxy) is 4. The molecule has 0 saturated carbocycles. The number of ketones is 1. The van der Waals surface area contributed by atoms with E-state index in [1.54, 1.807) is 20.3 Å². The molecule has 0 saturated heterocycles. The fourth-order valence-electron chi connectivity index (χ4n) is 3.04. The Labute approximate surface area is 192 Å².